The minimum absolute atomic E-state index is 0.0540. The summed E-state index contributed by atoms with van der Waals surface area (Å²) in [5.74, 6) is -3.28. The van der Waals surface area contributed by atoms with Crippen LogP contribution in [-0.4, -0.2) is 62.5 Å². The van der Waals surface area contributed by atoms with Crippen LogP contribution >= 0.6 is 0 Å². The Morgan fingerprint density at radius 3 is 2.44 bits per heavy atom. The van der Waals surface area contributed by atoms with E-state index in [1.807, 2.05) is 5.32 Å². The van der Waals surface area contributed by atoms with Crippen molar-refractivity contribution in [3.8, 4) is 22.8 Å². The molecule has 17 heteroatoms. The molecule has 232 valence electrons. The van der Waals surface area contributed by atoms with Gasteiger partial charge in [-0.2, -0.15) is 26.3 Å². The zero-order chi connectivity index (χ0) is 32.0. The first-order valence-corrected chi connectivity index (χ1v) is 13.6. The number of amides is 1. The van der Waals surface area contributed by atoms with Gasteiger partial charge >= 0.3 is 12.4 Å². The summed E-state index contributed by atoms with van der Waals surface area (Å²) >= 11 is 0. The molecule has 0 aliphatic carbocycles. The highest BCUT2D eigenvalue weighted by Gasteiger charge is 2.55. The Hall–Kier alpha value is -4.12. The van der Waals surface area contributed by atoms with Crippen molar-refractivity contribution in [2.24, 2.45) is 0 Å². The number of methoxy groups -OCH3 is 1. The van der Waals surface area contributed by atoms with Gasteiger partial charge in [-0.25, -0.2) is 17.8 Å². The van der Waals surface area contributed by atoms with E-state index < -0.39 is 75.2 Å². The standard InChI is InChI=1S/C26H22F7N3O6S/c1-24(38,26(31,32)33)23(37)34-12-15-13-36(43(39,40)16-7-8-17(27)21(11-16)41-2)19-10-14(6-9-20(19)42-15)18-4-3-5-22(35-18)25(28,29)30/h3-11,15,38H,12-13H2,1-2H3,(H,34,37)/t15-,24?/m0/s1. The summed E-state index contributed by atoms with van der Waals surface area (Å²) in [6.45, 7) is -1.08. The van der Waals surface area contributed by atoms with Gasteiger partial charge in [0.25, 0.3) is 15.9 Å². The molecule has 2 N–H and O–H groups in total. The van der Waals surface area contributed by atoms with Crippen LogP contribution in [0.2, 0.25) is 0 Å². The van der Waals surface area contributed by atoms with Crippen LogP contribution < -0.4 is 19.1 Å². The number of halogens is 7. The number of carbonyl (C=O) groups excluding carboxylic acids is 1. The van der Waals surface area contributed by atoms with Crippen molar-refractivity contribution in [3.63, 3.8) is 0 Å². The molecule has 0 bridgehead atoms. The lowest BCUT2D eigenvalue weighted by Crippen LogP contribution is -2.57. The number of fused-ring (bicyclic) bond motifs is 1. The van der Waals surface area contributed by atoms with E-state index in [1.54, 1.807) is 0 Å². The van der Waals surface area contributed by atoms with E-state index in [4.69, 9.17) is 9.47 Å². The molecule has 0 fully saturated rings. The summed E-state index contributed by atoms with van der Waals surface area (Å²) in [7, 11) is -3.52. The van der Waals surface area contributed by atoms with Crippen LogP contribution in [0.4, 0.5) is 36.4 Å². The smallest absolute Gasteiger partial charge is 0.433 e. The maximum absolute atomic E-state index is 14.0. The number of ether oxygens (including phenoxy) is 2. The topological polar surface area (TPSA) is 118 Å². The molecule has 43 heavy (non-hydrogen) atoms. The highest BCUT2D eigenvalue weighted by molar-refractivity contribution is 7.92. The molecule has 1 unspecified atom stereocenters. The Labute approximate surface area is 239 Å². The van der Waals surface area contributed by atoms with Crippen LogP contribution in [0.25, 0.3) is 11.3 Å². The molecule has 9 nitrogen and oxygen atoms in total. The van der Waals surface area contributed by atoms with E-state index in [9.17, 15) is 49.1 Å². The molecular formula is C26H22F7N3O6S. The Morgan fingerprint density at radius 2 is 1.81 bits per heavy atom. The fourth-order valence-corrected chi connectivity index (χ4v) is 5.51. The van der Waals surface area contributed by atoms with Crippen molar-refractivity contribution < 1.29 is 58.5 Å². The maximum atomic E-state index is 14.0. The second-order valence-corrected chi connectivity index (χ2v) is 11.3. The Balaban J connectivity index is 1.76. The number of anilines is 1. The lowest BCUT2D eigenvalue weighted by atomic mass is 10.1. The predicted octanol–water partition coefficient (Wildman–Crippen LogP) is 4.30. The lowest BCUT2D eigenvalue weighted by molar-refractivity contribution is -0.245. The zero-order valence-corrected chi connectivity index (χ0v) is 22.9. The van der Waals surface area contributed by atoms with Gasteiger partial charge in [-0.1, -0.05) is 6.07 Å². The number of hydrogen-bond donors (Lipinski definition) is 2. The summed E-state index contributed by atoms with van der Waals surface area (Å²) in [5, 5.41) is 11.5. The average molecular weight is 638 g/mol. The number of hydrogen-bond acceptors (Lipinski definition) is 7. The van der Waals surface area contributed by atoms with Crippen LogP contribution in [0.1, 0.15) is 12.6 Å². The molecule has 0 saturated carbocycles. The van der Waals surface area contributed by atoms with E-state index >= 15 is 0 Å². The number of nitrogens with one attached hydrogen (secondary N) is 1. The average Bonchev–Trinajstić information content (AvgIpc) is 2.94. The van der Waals surface area contributed by atoms with Gasteiger partial charge in [-0.05, 0) is 49.4 Å². The van der Waals surface area contributed by atoms with Crippen molar-refractivity contribution in [1.29, 1.82) is 0 Å². The predicted molar refractivity (Wildman–Crippen MR) is 136 cm³/mol. The summed E-state index contributed by atoms with van der Waals surface area (Å²) in [5.41, 5.74) is -5.26. The second-order valence-electron chi connectivity index (χ2n) is 9.44. The fraction of sp³-hybridized carbons (Fsp3) is 0.308. The van der Waals surface area contributed by atoms with Crippen molar-refractivity contribution in [1.82, 2.24) is 10.3 Å². The quantitative estimate of drug-likeness (QED) is 0.371. The molecule has 0 radical (unpaired) electrons. The normalized spacial score (nSPS) is 17.0. The molecule has 0 saturated heterocycles. The number of sulfonamides is 1. The minimum Gasteiger partial charge on any atom is -0.494 e. The highest BCUT2D eigenvalue weighted by atomic mass is 32.2. The number of benzene rings is 2. The van der Waals surface area contributed by atoms with Gasteiger partial charge in [-0.15, -0.1) is 0 Å². The van der Waals surface area contributed by atoms with E-state index in [1.165, 1.54) is 24.3 Å². The molecule has 2 atom stereocenters. The molecule has 4 rings (SSSR count). The number of rotatable bonds is 7. The number of aromatic nitrogens is 1. The summed E-state index contributed by atoms with van der Waals surface area (Å²) in [4.78, 5) is 15.2. The van der Waals surface area contributed by atoms with Crippen LogP contribution in [0.15, 0.2) is 59.5 Å². The van der Waals surface area contributed by atoms with Crippen LogP contribution in [-0.2, 0) is 21.0 Å². The second kappa shape index (κ2) is 11.2. The molecule has 1 aliphatic rings. The largest absolute Gasteiger partial charge is 0.494 e. The van der Waals surface area contributed by atoms with Crippen molar-refractivity contribution >= 4 is 21.6 Å². The molecule has 1 aromatic heterocycles. The van der Waals surface area contributed by atoms with Gasteiger partial charge in [-0.3, -0.25) is 9.10 Å². The van der Waals surface area contributed by atoms with Crippen LogP contribution in [0, 0.1) is 5.82 Å². The van der Waals surface area contributed by atoms with E-state index in [0.717, 1.165) is 41.7 Å². The van der Waals surface area contributed by atoms with Gasteiger partial charge in [0.15, 0.2) is 11.6 Å². The number of aliphatic hydroxyl groups is 1. The number of carbonyl (C=O) groups is 1. The molecular weight excluding hydrogens is 615 g/mol. The third-order valence-corrected chi connectivity index (χ3v) is 8.20. The Kier molecular flexibility index (Phi) is 8.27. The lowest BCUT2D eigenvalue weighted by Gasteiger charge is -2.36. The fourth-order valence-electron chi connectivity index (χ4n) is 3.99. The van der Waals surface area contributed by atoms with Gasteiger partial charge in [0, 0.05) is 11.6 Å². The highest BCUT2D eigenvalue weighted by Crippen LogP contribution is 2.41. The molecule has 3 aromatic rings. The number of nitrogens with zero attached hydrogens (tertiary/aromatic N) is 2. The first kappa shape index (κ1) is 31.8. The van der Waals surface area contributed by atoms with Crippen molar-refractivity contribution in [2.75, 3.05) is 24.5 Å². The summed E-state index contributed by atoms with van der Waals surface area (Å²) in [6, 6.07) is 9.42. The third-order valence-electron chi connectivity index (χ3n) is 6.42. The Bertz CT molecular complexity index is 1640. The maximum Gasteiger partial charge on any atom is 0.433 e. The first-order valence-electron chi connectivity index (χ1n) is 12.2. The van der Waals surface area contributed by atoms with Gasteiger partial charge in [0.05, 0.1) is 36.5 Å². The van der Waals surface area contributed by atoms with Crippen molar-refractivity contribution in [3.05, 3.63) is 66.1 Å². The molecule has 0 spiro atoms. The monoisotopic (exact) mass is 637 g/mol. The third kappa shape index (κ3) is 6.31. The Morgan fingerprint density at radius 1 is 1.12 bits per heavy atom. The van der Waals surface area contributed by atoms with E-state index in [0.29, 0.717) is 0 Å². The van der Waals surface area contributed by atoms with Crippen molar-refractivity contribution in [2.45, 2.75) is 35.9 Å². The van der Waals surface area contributed by atoms with Crippen LogP contribution in [0.3, 0.4) is 0 Å². The first-order chi connectivity index (χ1) is 19.9. The summed E-state index contributed by atoms with van der Waals surface area (Å²) < 4.78 is 132. The van der Waals surface area contributed by atoms with E-state index in [2.05, 4.69) is 4.98 Å². The van der Waals surface area contributed by atoms with Gasteiger partial charge < -0.3 is 19.9 Å². The molecule has 1 aliphatic heterocycles. The van der Waals surface area contributed by atoms with Crippen LogP contribution in [0.5, 0.6) is 11.5 Å². The SMILES string of the molecule is COc1cc(S(=O)(=O)N2C[C@H](CNC(=O)C(C)(O)C(F)(F)F)Oc3ccc(-c4cccc(C(F)(F)F)n4)cc32)ccc1F. The zero-order valence-electron chi connectivity index (χ0n) is 22.1. The van der Waals surface area contributed by atoms with Gasteiger partial charge in [0.1, 0.15) is 17.5 Å². The summed E-state index contributed by atoms with van der Waals surface area (Å²) in [6.07, 6.45) is -11.4. The minimum atomic E-state index is -5.32. The molecule has 2 heterocycles. The molecule has 1 amide bonds. The molecule has 2 aromatic carbocycles. The van der Waals surface area contributed by atoms with Gasteiger partial charge in [0.2, 0.25) is 5.60 Å². The van der Waals surface area contributed by atoms with E-state index in [-0.39, 0.29) is 29.6 Å². The number of alkyl halides is 6. The number of pyridine rings is 1.